The van der Waals surface area contributed by atoms with Gasteiger partial charge in [-0.1, -0.05) is 60.2 Å². The van der Waals surface area contributed by atoms with Crippen molar-refractivity contribution in [3.05, 3.63) is 86.2 Å². The van der Waals surface area contributed by atoms with Gasteiger partial charge >= 0.3 is 0 Å². The molecule has 25 heavy (non-hydrogen) atoms. The van der Waals surface area contributed by atoms with Gasteiger partial charge in [-0.15, -0.1) is 11.3 Å². The second kappa shape index (κ2) is 6.43. The molecule has 4 rings (SSSR count). The number of nitrogens with zero attached hydrogens (tertiary/aromatic N) is 1. The molecule has 0 bridgehead atoms. The SMILES string of the molecule is Cc1ccc(-c2csc3[nH]c(=S)n(Cc4ccccc4)c(=O)c23)cc1. The third-order valence-electron chi connectivity index (χ3n) is 4.26. The molecule has 124 valence electrons. The zero-order chi connectivity index (χ0) is 17.4. The van der Waals surface area contributed by atoms with Gasteiger partial charge in [0.2, 0.25) is 0 Å². The maximum absolute atomic E-state index is 13.2. The molecule has 4 aromatic rings. The summed E-state index contributed by atoms with van der Waals surface area (Å²) in [4.78, 5) is 17.2. The van der Waals surface area contributed by atoms with Crippen LogP contribution in [0.1, 0.15) is 11.1 Å². The van der Waals surface area contributed by atoms with Crippen LogP contribution < -0.4 is 5.56 Å². The molecule has 2 aromatic heterocycles. The molecule has 0 radical (unpaired) electrons. The van der Waals surface area contributed by atoms with Gasteiger partial charge in [-0.05, 0) is 30.3 Å². The Morgan fingerprint density at radius 3 is 2.52 bits per heavy atom. The van der Waals surface area contributed by atoms with Crippen LogP contribution in [0.15, 0.2) is 64.8 Å². The van der Waals surface area contributed by atoms with Crippen molar-refractivity contribution < 1.29 is 0 Å². The number of hydrogen-bond acceptors (Lipinski definition) is 3. The van der Waals surface area contributed by atoms with E-state index in [0.717, 1.165) is 21.5 Å². The van der Waals surface area contributed by atoms with Crippen LogP contribution in [0.3, 0.4) is 0 Å². The lowest BCUT2D eigenvalue weighted by Crippen LogP contribution is -2.22. The molecule has 2 heterocycles. The summed E-state index contributed by atoms with van der Waals surface area (Å²) < 4.78 is 2.09. The average molecular weight is 364 g/mol. The smallest absolute Gasteiger partial charge is 0.263 e. The summed E-state index contributed by atoms with van der Waals surface area (Å²) in [6.45, 7) is 2.52. The van der Waals surface area contributed by atoms with Gasteiger partial charge in [0, 0.05) is 10.9 Å². The van der Waals surface area contributed by atoms with Crippen LogP contribution in [-0.2, 0) is 6.54 Å². The van der Waals surface area contributed by atoms with Crippen molar-refractivity contribution in [2.24, 2.45) is 0 Å². The first kappa shape index (κ1) is 16.0. The summed E-state index contributed by atoms with van der Waals surface area (Å²) in [6, 6.07) is 18.1. The van der Waals surface area contributed by atoms with E-state index in [1.165, 1.54) is 16.9 Å². The largest absolute Gasteiger partial charge is 0.323 e. The maximum atomic E-state index is 13.2. The third-order valence-corrected chi connectivity index (χ3v) is 5.48. The number of nitrogens with one attached hydrogen (secondary N) is 1. The fourth-order valence-electron chi connectivity index (χ4n) is 2.91. The fraction of sp³-hybridized carbons (Fsp3) is 0.100. The zero-order valence-corrected chi connectivity index (χ0v) is 15.3. The van der Waals surface area contributed by atoms with Crippen LogP contribution in [-0.4, -0.2) is 9.55 Å². The lowest BCUT2D eigenvalue weighted by molar-refractivity contribution is 0.735. The lowest BCUT2D eigenvalue weighted by atomic mass is 10.1. The summed E-state index contributed by atoms with van der Waals surface area (Å²) in [5.41, 5.74) is 4.21. The fourth-order valence-corrected chi connectivity index (χ4v) is 4.18. The summed E-state index contributed by atoms with van der Waals surface area (Å²) >= 11 is 6.94. The molecule has 3 nitrogen and oxygen atoms in total. The number of fused-ring (bicyclic) bond motifs is 1. The minimum atomic E-state index is -0.0422. The van der Waals surface area contributed by atoms with Gasteiger partial charge in [0.05, 0.1) is 11.9 Å². The van der Waals surface area contributed by atoms with E-state index in [9.17, 15) is 4.79 Å². The Balaban J connectivity index is 1.91. The Kier molecular flexibility index (Phi) is 4.11. The standard InChI is InChI=1S/C20H16N2OS2/c1-13-7-9-15(10-8-13)16-12-25-18-17(16)19(23)22(20(24)21-18)11-14-5-3-2-4-6-14/h2-10,12H,11H2,1H3,(H,21,24). The Bertz CT molecular complexity index is 1150. The molecule has 0 spiro atoms. The number of benzene rings is 2. The van der Waals surface area contributed by atoms with Crippen LogP contribution in [0.4, 0.5) is 0 Å². The van der Waals surface area contributed by atoms with Gasteiger partial charge in [0.1, 0.15) is 4.83 Å². The topological polar surface area (TPSA) is 37.8 Å². The van der Waals surface area contributed by atoms with Crippen molar-refractivity contribution in [3.8, 4) is 11.1 Å². The number of hydrogen-bond donors (Lipinski definition) is 1. The number of H-pyrrole nitrogens is 1. The van der Waals surface area contributed by atoms with Crippen molar-refractivity contribution in [3.63, 3.8) is 0 Å². The minimum Gasteiger partial charge on any atom is -0.323 e. The van der Waals surface area contributed by atoms with E-state index in [0.29, 0.717) is 16.7 Å². The van der Waals surface area contributed by atoms with Gasteiger partial charge in [-0.25, -0.2) is 0 Å². The second-order valence-electron chi connectivity index (χ2n) is 6.03. The summed E-state index contributed by atoms with van der Waals surface area (Å²) in [7, 11) is 0. The molecule has 0 atom stereocenters. The molecule has 2 aromatic carbocycles. The first-order valence-corrected chi connectivity index (χ1v) is 9.27. The molecule has 0 aliphatic heterocycles. The van der Waals surface area contributed by atoms with E-state index < -0.39 is 0 Å². The Morgan fingerprint density at radius 1 is 1.08 bits per heavy atom. The predicted octanol–water partition coefficient (Wildman–Crippen LogP) is 5.14. The number of aromatic amines is 1. The van der Waals surface area contributed by atoms with Crippen molar-refractivity contribution in [2.75, 3.05) is 0 Å². The van der Waals surface area contributed by atoms with Crippen LogP contribution in [0, 0.1) is 11.7 Å². The first-order valence-electron chi connectivity index (χ1n) is 7.99. The Morgan fingerprint density at radius 2 is 1.80 bits per heavy atom. The molecule has 0 saturated carbocycles. The van der Waals surface area contributed by atoms with Gasteiger partial charge < -0.3 is 4.98 Å². The molecule has 0 unspecified atom stereocenters. The Hall–Kier alpha value is -2.50. The zero-order valence-electron chi connectivity index (χ0n) is 13.7. The van der Waals surface area contributed by atoms with Gasteiger partial charge in [-0.2, -0.15) is 0 Å². The number of thiophene rings is 1. The van der Waals surface area contributed by atoms with Gasteiger partial charge in [-0.3, -0.25) is 9.36 Å². The molecule has 5 heteroatoms. The van der Waals surface area contributed by atoms with Crippen LogP contribution in [0.25, 0.3) is 21.3 Å². The van der Waals surface area contributed by atoms with Gasteiger partial charge in [0.25, 0.3) is 5.56 Å². The second-order valence-corrected chi connectivity index (χ2v) is 7.29. The molecule has 1 N–H and O–H groups in total. The predicted molar refractivity (Wildman–Crippen MR) is 107 cm³/mol. The molecular formula is C20H16N2OS2. The maximum Gasteiger partial charge on any atom is 0.263 e. The molecule has 0 aliphatic rings. The molecule has 0 saturated heterocycles. The van der Waals surface area contributed by atoms with E-state index in [1.54, 1.807) is 4.57 Å². The third kappa shape index (κ3) is 2.97. The van der Waals surface area contributed by atoms with E-state index in [-0.39, 0.29) is 5.56 Å². The highest BCUT2D eigenvalue weighted by Crippen LogP contribution is 2.30. The van der Waals surface area contributed by atoms with Gasteiger partial charge in [0.15, 0.2) is 4.77 Å². The van der Waals surface area contributed by atoms with Crippen molar-refractivity contribution in [2.45, 2.75) is 13.5 Å². The van der Waals surface area contributed by atoms with Crippen molar-refractivity contribution in [1.29, 1.82) is 0 Å². The van der Waals surface area contributed by atoms with E-state index in [4.69, 9.17) is 12.2 Å². The highest BCUT2D eigenvalue weighted by Gasteiger charge is 2.14. The average Bonchev–Trinajstić information content (AvgIpc) is 3.04. The summed E-state index contributed by atoms with van der Waals surface area (Å²) in [5.74, 6) is 0. The van der Waals surface area contributed by atoms with E-state index >= 15 is 0 Å². The van der Waals surface area contributed by atoms with Crippen molar-refractivity contribution >= 4 is 33.8 Å². The lowest BCUT2D eigenvalue weighted by Gasteiger charge is -2.08. The number of aryl methyl sites for hydroxylation is 1. The van der Waals surface area contributed by atoms with Crippen molar-refractivity contribution in [1.82, 2.24) is 9.55 Å². The quantitative estimate of drug-likeness (QED) is 0.511. The normalized spacial score (nSPS) is 11.1. The summed E-state index contributed by atoms with van der Waals surface area (Å²) in [6.07, 6.45) is 0. The molecule has 0 amide bonds. The molecule has 0 aliphatic carbocycles. The number of rotatable bonds is 3. The monoisotopic (exact) mass is 364 g/mol. The highest BCUT2D eigenvalue weighted by molar-refractivity contribution is 7.71. The highest BCUT2D eigenvalue weighted by atomic mass is 32.1. The first-order chi connectivity index (χ1) is 12.1. The van der Waals surface area contributed by atoms with Crippen LogP contribution in [0.5, 0.6) is 0 Å². The molecule has 0 fully saturated rings. The van der Waals surface area contributed by atoms with Crippen LogP contribution >= 0.6 is 23.6 Å². The molecular weight excluding hydrogens is 348 g/mol. The van der Waals surface area contributed by atoms with E-state index in [1.807, 2.05) is 35.7 Å². The number of aromatic nitrogens is 2. The summed E-state index contributed by atoms with van der Waals surface area (Å²) in [5, 5.41) is 2.73. The minimum absolute atomic E-state index is 0.0422. The van der Waals surface area contributed by atoms with Crippen LogP contribution in [0.2, 0.25) is 0 Å². The van der Waals surface area contributed by atoms with E-state index in [2.05, 4.69) is 36.2 Å². The Labute approximate surface area is 154 Å².